The summed E-state index contributed by atoms with van der Waals surface area (Å²) in [4.78, 5) is 2.39. The summed E-state index contributed by atoms with van der Waals surface area (Å²) in [6.45, 7) is 11.9. The zero-order valence-corrected chi connectivity index (χ0v) is 21.9. The lowest BCUT2D eigenvalue weighted by Crippen LogP contribution is -2.52. The van der Waals surface area contributed by atoms with E-state index < -0.39 is 6.23 Å². The van der Waals surface area contributed by atoms with Gasteiger partial charge in [0.25, 0.3) is 0 Å². The first-order valence-corrected chi connectivity index (χ1v) is 12.1. The highest BCUT2D eigenvalue weighted by molar-refractivity contribution is 5.63. The molecule has 0 aliphatic carbocycles. The van der Waals surface area contributed by atoms with Crippen LogP contribution in [0.15, 0.2) is 48.6 Å². The summed E-state index contributed by atoms with van der Waals surface area (Å²) in [6, 6.07) is 12.0. The van der Waals surface area contributed by atoms with Crippen molar-refractivity contribution < 1.29 is 23.7 Å². The molecule has 1 heterocycles. The predicted octanol–water partition coefficient (Wildman–Crippen LogP) is 5.34. The van der Waals surface area contributed by atoms with Gasteiger partial charge in [-0.05, 0) is 49.6 Å². The topological polar surface area (TPSA) is 75.4 Å². The number of fused-ring (bicyclic) bond motifs is 1. The van der Waals surface area contributed by atoms with E-state index >= 15 is 0 Å². The van der Waals surface area contributed by atoms with Crippen LogP contribution in [0.2, 0.25) is 0 Å². The quantitative estimate of drug-likeness (QED) is 0.322. The van der Waals surface area contributed by atoms with Crippen molar-refractivity contribution >= 4 is 5.69 Å². The van der Waals surface area contributed by atoms with Gasteiger partial charge in [0.15, 0.2) is 11.5 Å². The van der Waals surface area contributed by atoms with Gasteiger partial charge < -0.3 is 34.3 Å². The lowest BCUT2D eigenvalue weighted by molar-refractivity contribution is -0.0309. The molecule has 2 aromatic carbocycles. The van der Waals surface area contributed by atoms with Gasteiger partial charge in [0.1, 0.15) is 18.6 Å². The van der Waals surface area contributed by atoms with Crippen LogP contribution in [0.5, 0.6) is 23.0 Å². The second kappa shape index (κ2) is 11.7. The van der Waals surface area contributed by atoms with Crippen molar-refractivity contribution in [2.45, 2.75) is 45.9 Å². The highest BCUT2D eigenvalue weighted by atomic mass is 16.5. The zero-order chi connectivity index (χ0) is 25.6. The molecule has 35 heavy (non-hydrogen) atoms. The maximum atomic E-state index is 6.69. The summed E-state index contributed by atoms with van der Waals surface area (Å²) in [5, 5.41) is 0. The molecule has 2 atom stereocenters. The van der Waals surface area contributed by atoms with Gasteiger partial charge in [0.05, 0.1) is 39.7 Å². The van der Waals surface area contributed by atoms with Crippen molar-refractivity contribution in [3.8, 4) is 23.0 Å². The van der Waals surface area contributed by atoms with E-state index in [0.717, 1.165) is 35.4 Å². The number of para-hydroxylation sites is 2. The van der Waals surface area contributed by atoms with E-state index in [1.807, 2.05) is 37.3 Å². The Labute approximate surface area is 209 Å². The van der Waals surface area contributed by atoms with Gasteiger partial charge in [-0.2, -0.15) is 0 Å². The first-order chi connectivity index (χ1) is 16.8. The molecular formula is C28H40N2O5. The molecule has 0 spiro atoms. The second-order valence-corrected chi connectivity index (χ2v) is 9.14. The summed E-state index contributed by atoms with van der Waals surface area (Å²) >= 11 is 0. The van der Waals surface area contributed by atoms with E-state index in [4.69, 9.17) is 29.4 Å². The van der Waals surface area contributed by atoms with Gasteiger partial charge in [-0.1, -0.05) is 38.1 Å². The van der Waals surface area contributed by atoms with Crippen LogP contribution in [-0.2, 0) is 4.74 Å². The maximum absolute atomic E-state index is 6.69. The number of hydrogen-bond donors (Lipinski definition) is 1. The van der Waals surface area contributed by atoms with E-state index in [2.05, 4.69) is 31.4 Å². The van der Waals surface area contributed by atoms with E-state index in [-0.39, 0.29) is 11.5 Å². The molecule has 7 heteroatoms. The third-order valence-electron chi connectivity index (χ3n) is 7.03. The number of methoxy groups -OCH3 is 3. The van der Waals surface area contributed by atoms with Gasteiger partial charge in [0, 0.05) is 12.0 Å². The van der Waals surface area contributed by atoms with Crippen LogP contribution in [0, 0.1) is 5.41 Å². The molecule has 0 fully saturated rings. The Morgan fingerprint density at radius 3 is 2.29 bits per heavy atom. The van der Waals surface area contributed by atoms with E-state index in [9.17, 15) is 0 Å². The molecule has 1 aliphatic rings. The molecular weight excluding hydrogens is 444 g/mol. The minimum absolute atomic E-state index is 0.0931. The molecule has 192 valence electrons. The van der Waals surface area contributed by atoms with Crippen molar-refractivity contribution in [1.82, 2.24) is 0 Å². The summed E-state index contributed by atoms with van der Waals surface area (Å²) in [5.74, 6) is 2.64. The van der Waals surface area contributed by atoms with Crippen LogP contribution in [-0.4, -0.2) is 47.3 Å². The van der Waals surface area contributed by atoms with E-state index in [0.29, 0.717) is 37.0 Å². The Balaban J connectivity index is 2.08. The van der Waals surface area contributed by atoms with Crippen LogP contribution in [0.4, 0.5) is 5.69 Å². The third-order valence-corrected chi connectivity index (χ3v) is 7.03. The van der Waals surface area contributed by atoms with Gasteiger partial charge in [-0.25, -0.2) is 0 Å². The molecule has 0 bridgehead atoms. The smallest absolute Gasteiger partial charge is 0.203 e. The predicted molar refractivity (Wildman–Crippen MR) is 140 cm³/mol. The number of ether oxygens (including phenoxy) is 5. The van der Waals surface area contributed by atoms with Crippen molar-refractivity contribution in [2.75, 3.05) is 46.0 Å². The maximum Gasteiger partial charge on any atom is 0.203 e. The fourth-order valence-electron chi connectivity index (χ4n) is 4.72. The highest BCUT2D eigenvalue weighted by Crippen LogP contribution is 2.46. The highest BCUT2D eigenvalue weighted by Gasteiger charge is 2.41. The molecule has 0 saturated carbocycles. The average Bonchev–Trinajstić information content (AvgIpc) is 2.89. The Morgan fingerprint density at radius 2 is 1.74 bits per heavy atom. The monoisotopic (exact) mass is 484 g/mol. The number of nitrogens with two attached hydrogens (primary N) is 1. The summed E-state index contributed by atoms with van der Waals surface area (Å²) in [7, 11) is 4.86. The van der Waals surface area contributed by atoms with Crippen LogP contribution in [0.1, 0.15) is 45.2 Å². The van der Waals surface area contributed by atoms with Crippen LogP contribution in [0.25, 0.3) is 0 Å². The Kier molecular flexibility index (Phi) is 8.92. The standard InChI is InChI=1S/C28H40N2O5/c1-8-28(9-2,27(29)35-16-19(3)4)18-30-21-12-10-11-13-23(21)34-17-22(30)20-14-24(31-5)26(33-7)25(15-20)32-6/h10-15,22,27H,3,8-9,16-18,29H2,1-2,4-7H3. The Morgan fingerprint density at radius 1 is 1.11 bits per heavy atom. The largest absolute Gasteiger partial charge is 0.493 e. The van der Waals surface area contributed by atoms with Gasteiger partial charge in [-0.3, -0.25) is 0 Å². The molecule has 1 aliphatic heterocycles. The summed E-state index contributed by atoms with van der Waals surface area (Å²) in [5.41, 5.74) is 9.40. The van der Waals surface area contributed by atoms with Crippen LogP contribution >= 0.6 is 0 Å². The number of nitrogens with zero attached hydrogens (tertiary/aromatic N) is 1. The second-order valence-electron chi connectivity index (χ2n) is 9.14. The molecule has 2 aromatic rings. The fourth-order valence-corrected chi connectivity index (χ4v) is 4.72. The SMILES string of the molecule is C=C(C)COC(N)C(CC)(CC)CN1c2ccccc2OCC1c1cc(OC)c(OC)c(OC)c1. The summed E-state index contributed by atoms with van der Waals surface area (Å²) < 4.78 is 29.1. The minimum atomic E-state index is -0.440. The first kappa shape index (κ1) is 26.7. The van der Waals surface area contributed by atoms with Gasteiger partial charge >= 0.3 is 0 Å². The zero-order valence-electron chi connectivity index (χ0n) is 21.9. The molecule has 0 amide bonds. The summed E-state index contributed by atoms with van der Waals surface area (Å²) in [6.07, 6.45) is 1.29. The van der Waals surface area contributed by atoms with Crippen molar-refractivity contribution in [1.29, 1.82) is 0 Å². The Hall–Kier alpha value is -2.90. The number of hydrogen-bond acceptors (Lipinski definition) is 7. The Bertz CT molecular complexity index is 980. The molecule has 2 unspecified atom stereocenters. The van der Waals surface area contributed by atoms with E-state index in [1.165, 1.54) is 0 Å². The van der Waals surface area contributed by atoms with Gasteiger partial charge in [-0.15, -0.1) is 0 Å². The van der Waals surface area contributed by atoms with Crippen molar-refractivity contribution in [3.05, 3.63) is 54.1 Å². The third kappa shape index (κ3) is 5.52. The minimum Gasteiger partial charge on any atom is -0.493 e. The molecule has 7 nitrogen and oxygen atoms in total. The lowest BCUT2D eigenvalue weighted by Gasteiger charge is -2.46. The normalized spacial score (nSPS) is 16.2. The molecule has 3 rings (SSSR count). The number of anilines is 1. The van der Waals surface area contributed by atoms with Crippen molar-refractivity contribution in [3.63, 3.8) is 0 Å². The van der Waals surface area contributed by atoms with Crippen molar-refractivity contribution in [2.24, 2.45) is 11.1 Å². The number of benzene rings is 2. The average molecular weight is 485 g/mol. The fraction of sp³-hybridized carbons (Fsp3) is 0.500. The molecule has 0 saturated heterocycles. The van der Waals surface area contributed by atoms with Crippen LogP contribution in [0.3, 0.4) is 0 Å². The first-order valence-electron chi connectivity index (χ1n) is 12.1. The lowest BCUT2D eigenvalue weighted by atomic mass is 9.79. The van der Waals surface area contributed by atoms with E-state index in [1.54, 1.807) is 21.3 Å². The molecule has 0 radical (unpaired) electrons. The van der Waals surface area contributed by atoms with Crippen LogP contribution < -0.4 is 29.6 Å². The molecule has 0 aromatic heterocycles. The van der Waals surface area contributed by atoms with Gasteiger partial charge in [0.2, 0.25) is 5.75 Å². The number of rotatable bonds is 12. The molecule has 2 N–H and O–H groups in total.